The maximum absolute atomic E-state index is 4.47. The topological polar surface area (TPSA) is 33.1 Å². The molecule has 1 aliphatic heterocycles. The first-order valence-electron chi connectivity index (χ1n) is 9.70. The van der Waals surface area contributed by atoms with E-state index in [1.54, 1.807) is 0 Å². The molecule has 1 saturated heterocycles. The third-order valence-electron chi connectivity index (χ3n) is 5.22. The molecule has 0 atom stereocenters. The van der Waals surface area contributed by atoms with Crippen LogP contribution in [-0.2, 0) is 6.54 Å². The van der Waals surface area contributed by atoms with E-state index < -0.39 is 0 Å². The van der Waals surface area contributed by atoms with E-state index in [0.717, 1.165) is 32.6 Å². The number of nitrogens with zero attached hydrogens (tertiary/aromatic N) is 3. The van der Waals surface area contributed by atoms with Crippen LogP contribution in [0.4, 0.5) is 5.69 Å². The smallest absolute Gasteiger partial charge is 0.111 e. The van der Waals surface area contributed by atoms with E-state index in [2.05, 4.69) is 71.0 Å². The third kappa shape index (κ3) is 4.63. The molecule has 0 aliphatic carbocycles. The Hall–Kier alpha value is -1.81. The number of benzene rings is 1. The molecular formula is C21H32N4. The summed E-state index contributed by atoms with van der Waals surface area (Å²) >= 11 is 0. The Morgan fingerprint density at radius 2 is 1.96 bits per heavy atom. The van der Waals surface area contributed by atoms with Crippen molar-refractivity contribution >= 4 is 5.69 Å². The van der Waals surface area contributed by atoms with E-state index in [0.29, 0.717) is 12.0 Å². The fourth-order valence-corrected chi connectivity index (χ4v) is 3.81. The van der Waals surface area contributed by atoms with Gasteiger partial charge in [0.2, 0.25) is 0 Å². The van der Waals surface area contributed by atoms with Crippen molar-refractivity contribution in [1.29, 1.82) is 0 Å². The van der Waals surface area contributed by atoms with Gasteiger partial charge in [0.05, 0.1) is 0 Å². The number of rotatable bonds is 7. The number of aromatic nitrogens is 2. The van der Waals surface area contributed by atoms with Gasteiger partial charge >= 0.3 is 0 Å². The van der Waals surface area contributed by atoms with Crippen LogP contribution in [-0.4, -0.2) is 35.2 Å². The largest absolute Gasteiger partial charge is 0.371 e. The zero-order valence-electron chi connectivity index (χ0n) is 15.9. The summed E-state index contributed by atoms with van der Waals surface area (Å²) < 4.78 is 2.30. The molecule has 25 heavy (non-hydrogen) atoms. The van der Waals surface area contributed by atoms with Crippen LogP contribution in [0, 0.1) is 6.92 Å². The molecular weight excluding hydrogens is 308 g/mol. The molecule has 0 spiro atoms. The van der Waals surface area contributed by atoms with Crippen LogP contribution in [0.1, 0.15) is 50.4 Å². The lowest BCUT2D eigenvalue weighted by Gasteiger charge is -2.35. The Morgan fingerprint density at radius 3 is 2.68 bits per heavy atom. The summed E-state index contributed by atoms with van der Waals surface area (Å²) in [4.78, 5) is 7.00. The van der Waals surface area contributed by atoms with Gasteiger partial charge in [0.25, 0.3) is 0 Å². The quantitative estimate of drug-likeness (QED) is 0.775. The van der Waals surface area contributed by atoms with Gasteiger partial charge in [-0.05, 0) is 44.4 Å². The van der Waals surface area contributed by atoms with E-state index in [1.807, 2.05) is 6.20 Å². The van der Waals surface area contributed by atoms with Crippen molar-refractivity contribution in [3.63, 3.8) is 0 Å². The number of imidazole rings is 1. The van der Waals surface area contributed by atoms with Gasteiger partial charge in [0, 0.05) is 49.7 Å². The van der Waals surface area contributed by atoms with E-state index in [4.69, 9.17) is 0 Å². The monoisotopic (exact) mass is 340 g/mol. The maximum Gasteiger partial charge on any atom is 0.111 e. The van der Waals surface area contributed by atoms with Gasteiger partial charge in [0.15, 0.2) is 0 Å². The molecule has 0 radical (unpaired) electrons. The fourth-order valence-electron chi connectivity index (χ4n) is 3.81. The molecule has 0 bridgehead atoms. The van der Waals surface area contributed by atoms with Crippen LogP contribution in [0.5, 0.6) is 0 Å². The first-order valence-corrected chi connectivity index (χ1v) is 9.70. The molecule has 0 unspecified atom stereocenters. The van der Waals surface area contributed by atoms with Gasteiger partial charge in [-0.2, -0.15) is 0 Å². The van der Waals surface area contributed by atoms with Crippen LogP contribution in [0.2, 0.25) is 0 Å². The molecule has 136 valence electrons. The number of para-hydroxylation sites is 1. The highest BCUT2D eigenvalue weighted by Crippen LogP contribution is 2.23. The Balaban J connectivity index is 1.38. The second kappa shape index (κ2) is 8.52. The summed E-state index contributed by atoms with van der Waals surface area (Å²) in [6, 6.07) is 9.39. The summed E-state index contributed by atoms with van der Waals surface area (Å²) in [5, 5.41) is 3.76. The van der Waals surface area contributed by atoms with Crippen LogP contribution in [0.15, 0.2) is 36.7 Å². The molecule has 4 nitrogen and oxygen atoms in total. The average molecular weight is 341 g/mol. The molecule has 0 amide bonds. The van der Waals surface area contributed by atoms with Crippen molar-refractivity contribution in [2.75, 3.05) is 24.5 Å². The fraction of sp³-hybridized carbons (Fsp3) is 0.571. The van der Waals surface area contributed by atoms with E-state index in [-0.39, 0.29) is 0 Å². The first kappa shape index (κ1) is 18.0. The van der Waals surface area contributed by atoms with Crippen LogP contribution < -0.4 is 10.2 Å². The summed E-state index contributed by atoms with van der Waals surface area (Å²) in [6.45, 7) is 11.1. The summed E-state index contributed by atoms with van der Waals surface area (Å²) in [5.41, 5.74) is 2.79. The van der Waals surface area contributed by atoms with Crippen LogP contribution >= 0.6 is 0 Å². The number of piperidine rings is 1. The number of anilines is 1. The van der Waals surface area contributed by atoms with Gasteiger partial charge in [-0.25, -0.2) is 4.98 Å². The molecule has 4 heteroatoms. The third-order valence-corrected chi connectivity index (χ3v) is 5.22. The lowest BCUT2D eigenvalue weighted by Crippen LogP contribution is -2.43. The minimum atomic E-state index is 0.494. The zero-order chi connectivity index (χ0) is 17.6. The summed E-state index contributed by atoms with van der Waals surface area (Å²) in [5.74, 6) is 1.69. The van der Waals surface area contributed by atoms with Crippen molar-refractivity contribution in [2.45, 2.75) is 58.5 Å². The van der Waals surface area contributed by atoms with Crippen LogP contribution in [0.25, 0.3) is 0 Å². The van der Waals surface area contributed by atoms with Crippen molar-refractivity contribution in [3.8, 4) is 0 Å². The van der Waals surface area contributed by atoms with Gasteiger partial charge < -0.3 is 14.8 Å². The minimum Gasteiger partial charge on any atom is -0.371 e. The van der Waals surface area contributed by atoms with E-state index in [9.17, 15) is 0 Å². The normalized spacial score (nSPS) is 15.9. The average Bonchev–Trinajstić information content (AvgIpc) is 3.09. The molecule has 2 heterocycles. The molecule has 1 aromatic heterocycles. The zero-order valence-corrected chi connectivity index (χ0v) is 15.9. The standard InChI is InChI=1S/C21H32N4/c1-17(2)21-23-12-16-25(21)13-6-11-22-19-9-14-24(15-10-19)20-8-5-4-7-18(20)3/h4-5,7-8,12,16-17,19,22H,6,9-11,13-15H2,1-3H3. The van der Waals surface area contributed by atoms with Gasteiger partial charge in [0.1, 0.15) is 5.82 Å². The Bertz CT molecular complexity index is 653. The van der Waals surface area contributed by atoms with Crippen LogP contribution in [0.3, 0.4) is 0 Å². The molecule has 1 aromatic carbocycles. The van der Waals surface area contributed by atoms with Crippen molar-refractivity contribution in [1.82, 2.24) is 14.9 Å². The number of aryl methyl sites for hydroxylation is 2. The van der Waals surface area contributed by atoms with Gasteiger partial charge in [-0.15, -0.1) is 0 Å². The SMILES string of the molecule is Cc1ccccc1N1CCC(NCCCn2ccnc2C(C)C)CC1. The van der Waals surface area contributed by atoms with Gasteiger partial charge in [-0.1, -0.05) is 32.0 Å². The summed E-state index contributed by atoms with van der Waals surface area (Å²) in [7, 11) is 0. The molecule has 2 aromatic rings. The van der Waals surface area contributed by atoms with Crippen molar-refractivity contribution < 1.29 is 0 Å². The minimum absolute atomic E-state index is 0.494. The maximum atomic E-state index is 4.47. The molecule has 1 N–H and O–H groups in total. The Morgan fingerprint density at radius 1 is 1.20 bits per heavy atom. The second-order valence-electron chi connectivity index (χ2n) is 7.49. The summed E-state index contributed by atoms with van der Waals surface area (Å²) in [6.07, 6.45) is 7.65. The number of hydrogen-bond acceptors (Lipinski definition) is 3. The van der Waals surface area contributed by atoms with E-state index >= 15 is 0 Å². The Labute approximate surface area is 152 Å². The molecule has 3 rings (SSSR count). The van der Waals surface area contributed by atoms with Crippen molar-refractivity contribution in [3.05, 3.63) is 48.0 Å². The molecule has 0 saturated carbocycles. The highest BCUT2D eigenvalue weighted by molar-refractivity contribution is 5.53. The Kier molecular flexibility index (Phi) is 6.14. The highest BCUT2D eigenvalue weighted by atomic mass is 15.1. The molecule has 1 fully saturated rings. The predicted molar refractivity (Wildman–Crippen MR) is 105 cm³/mol. The highest BCUT2D eigenvalue weighted by Gasteiger charge is 2.19. The lowest BCUT2D eigenvalue weighted by atomic mass is 10.0. The first-order chi connectivity index (χ1) is 12.1. The van der Waals surface area contributed by atoms with E-state index in [1.165, 1.54) is 29.9 Å². The second-order valence-corrected chi connectivity index (χ2v) is 7.49. The molecule has 1 aliphatic rings. The lowest BCUT2D eigenvalue weighted by molar-refractivity contribution is 0.405. The predicted octanol–water partition coefficient (Wildman–Crippen LogP) is 3.96. The number of hydrogen-bond donors (Lipinski definition) is 1. The van der Waals surface area contributed by atoms with Crippen molar-refractivity contribution in [2.24, 2.45) is 0 Å². The van der Waals surface area contributed by atoms with Gasteiger partial charge in [-0.3, -0.25) is 0 Å². The number of nitrogens with one attached hydrogen (secondary N) is 1.